The van der Waals surface area contributed by atoms with Crippen LogP contribution in [0.25, 0.3) is 5.69 Å². The molecule has 0 saturated carbocycles. The van der Waals surface area contributed by atoms with Crippen molar-refractivity contribution in [2.45, 2.75) is 39.7 Å². The molecule has 3 aromatic rings. The molecule has 1 atom stereocenters. The fraction of sp³-hybridized carbons (Fsp3) is 0.286. The molecule has 0 unspecified atom stereocenters. The lowest BCUT2D eigenvalue weighted by Gasteiger charge is -2.15. The first-order valence-corrected chi connectivity index (χ1v) is 8.85. The lowest BCUT2D eigenvalue weighted by molar-refractivity contribution is -0.121. The summed E-state index contributed by atoms with van der Waals surface area (Å²) in [7, 11) is 0. The maximum atomic E-state index is 12.2. The predicted molar refractivity (Wildman–Crippen MR) is 102 cm³/mol. The lowest BCUT2D eigenvalue weighted by Crippen LogP contribution is -2.26. The number of rotatable bonds is 6. The number of nitrogens with one attached hydrogen (secondary N) is 1. The predicted octanol–water partition coefficient (Wildman–Crippen LogP) is 3.69. The highest BCUT2D eigenvalue weighted by Crippen LogP contribution is 2.17. The quantitative estimate of drug-likeness (QED) is 0.739. The van der Waals surface area contributed by atoms with Crippen molar-refractivity contribution >= 4 is 5.91 Å². The van der Waals surface area contributed by atoms with E-state index in [4.69, 9.17) is 0 Å². The Balaban J connectivity index is 1.58. The zero-order chi connectivity index (χ0) is 18.5. The minimum atomic E-state index is -0.0362. The van der Waals surface area contributed by atoms with Crippen molar-refractivity contribution in [3.8, 4) is 5.69 Å². The van der Waals surface area contributed by atoms with Crippen LogP contribution in [-0.2, 0) is 11.2 Å². The van der Waals surface area contributed by atoms with Crippen molar-refractivity contribution in [3.05, 3.63) is 77.4 Å². The van der Waals surface area contributed by atoms with Gasteiger partial charge in [-0.05, 0) is 62.6 Å². The van der Waals surface area contributed by atoms with Crippen LogP contribution < -0.4 is 5.32 Å². The zero-order valence-corrected chi connectivity index (χ0v) is 15.4. The Morgan fingerprint density at radius 3 is 2.58 bits per heavy atom. The highest BCUT2D eigenvalue weighted by Gasteiger charge is 2.11. The van der Waals surface area contributed by atoms with Crippen LogP contribution in [-0.4, -0.2) is 20.7 Å². The van der Waals surface area contributed by atoms with Crippen molar-refractivity contribution in [3.63, 3.8) is 0 Å². The first-order chi connectivity index (χ1) is 12.5. The number of hydrogen-bond acceptors (Lipinski definition) is 3. The molecule has 1 aromatic carbocycles. The average Bonchev–Trinajstić information content (AvgIpc) is 2.99. The summed E-state index contributed by atoms with van der Waals surface area (Å²) in [5.41, 5.74) is 5.27. The molecule has 5 heteroatoms. The van der Waals surface area contributed by atoms with Crippen molar-refractivity contribution in [2.24, 2.45) is 0 Å². The second-order valence-electron chi connectivity index (χ2n) is 6.58. The lowest BCUT2D eigenvalue weighted by atomic mass is 10.1. The Bertz CT molecular complexity index is 869. The van der Waals surface area contributed by atoms with Gasteiger partial charge in [-0.25, -0.2) is 4.68 Å². The molecule has 1 N–H and O–H groups in total. The van der Waals surface area contributed by atoms with E-state index in [-0.39, 0.29) is 11.9 Å². The molecular formula is C21H24N4O. The van der Waals surface area contributed by atoms with Crippen LogP contribution in [0.2, 0.25) is 0 Å². The van der Waals surface area contributed by atoms with E-state index in [1.54, 1.807) is 12.4 Å². The standard InChI is InChI=1S/C21H24N4O/c1-15-13-16(2)25(24-15)20-9-7-19(8-10-20)17(3)23-21(26)11-6-18-5-4-12-22-14-18/h4-5,7-10,12-14,17H,6,11H2,1-3H3,(H,23,26)/t17-/m1/s1. The Kier molecular flexibility index (Phi) is 5.46. The highest BCUT2D eigenvalue weighted by molar-refractivity contribution is 5.76. The van der Waals surface area contributed by atoms with Gasteiger partial charge in [0.05, 0.1) is 17.4 Å². The molecule has 0 aliphatic heterocycles. The van der Waals surface area contributed by atoms with Gasteiger partial charge in [0.1, 0.15) is 0 Å². The van der Waals surface area contributed by atoms with Crippen molar-refractivity contribution in [1.29, 1.82) is 0 Å². The molecule has 0 spiro atoms. The monoisotopic (exact) mass is 348 g/mol. The molecule has 0 aliphatic rings. The van der Waals surface area contributed by atoms with Gasteiger partial charge in [0, 0.05) is 24.5 Å². The van der Waals surface area contributed by atoms with Crippen LogP contribution in [0, 0.1) is 13.8 Å². The first kappa shape index (κ1) is 17.9. The molecule has 134 valence electrons. The Morgan fingerprint density at radius 2 is 1.96 bits per heavy atom. The average molecular weight is 348 g/mol. The number of carbonyl (C=O) groups excluding carboxylic acids is 1. The molecule has 5 nitrogen and oxygen atoms in total. The van der Waals surface area contributed by atoms with Crippen LogP contribution in [0.3, 0.4) is 0 Å². The summed E-state index contributed by atoms with van der Waals surface area (Å²) in [6, 6.07) is 14.0. The smallest absolute Gasteiger partial charge is 0.220 e. The third kappa shape index (κ3) is 4.36. The maximum Gasteiger partial charge on any atom is 0.220 e. The van der Waals surface area contributed by atoms with Gasteiger partial charge in [-0.3, -0.25) is 9.78 Å². The van der Waals surface area contributed by atoms with Gasteiger partial charge in [0.25, 0.3) is 0 Å². The molecule has 0 saturated heterocycles. The van der Waals surface area contributed by atoms with Gasteiger partial charge in [-0.15, -0.1) is 0 Å². The van der Waals surface area contributed by atoms with Gasteiger partial charge >= 0.3 is 0 Å². The summed E-state index contributed by atoms with van der Waals surface area (Å²) in [6.45, 7) is 6.03. The summed E-state index contributed by atoms with van der Waals surface area (Å²) >= 11 is 0. The molecule has 1 amide bonds. The van der Waals surface area contributed by atoms with Crippen molar-refractivity contribution in [1.82, 2.24) is 20.1 Å². The molecule has 2 aromatic heterocycles. The van der Waals surface area contributed by atoms with Crippen LogP contribution in [0.5, 0.6) is 0 Å². The number of benzene rings is 1. The second kappa shape index (κ2) is 7.95. The molecule has 0 aliphatic carbocycles. The topological polar surface area (TPSA) is 59.8 Å². The maximum absolute atomic E-state index is 12.2. The van der Waals surface area contributed by atoms with Gasteiger partial charge in [-0.1, -0.05) is 18.2 Å². The van der Waals surface area contributed by atoms with Crippen molar-refractivity contribution in [2.75, 3.05) is 0 Å². The molecule has 3 rings (SSSR count). The molecular weight excluding hydrogens is 324 g/mol. The minimum absolute atomic E-state index is 0.0362. The number of hydrogen-bond donors (Lipinski definition) is 1. The van der Waals surface area contributed by atoms with Crippen LogP contribution in [0.15, 0.2) is 54.9 Å². The fourth-order valence-corrected chi connectivity index (χ4v) is 3.00. The third-order valence-electron chi connectivity index (χ3n) is 4.39. The SMILES string of the molecule is Cc1cc(C)n(-c2ccc([C@@H](C)NC(=O)CCc3cccnc3)cc2)n1. The van der Waals surface area contributed by atoms with E-state index in [1.807, 2.05) is 61.9 Å². The molecule has 26 heavy (non-hydrogen) atoms. The van der Waals surface area contributed by atoms with E-state index in [0.717, 1.165) is 28.2 Å². The minimum Gasteiger partial charge on any atom is -0.350 e. The van der Waals surface area contributed by atoms with E-state index in [0.29, 0.717) is 12.8 Å². The van der Waals surface area contributed by atoms with E-state index < -0.39 is 0 Å². The number of nitrogens with zero attached hydrogens (tertiary/aromatic N) is 3. The first-order valence-electron chi connectivity index (χ1n) is 8.85. The molecule has 0 bridgehead atoms. The van der Waals surface area contributed by atoms with E-state index >= 15 is 0 Å². The van der Waals surface area contributed by atoms with Gasteiger partial charge < -0.3 is 5.32 Å². The number of aryl methyl sites for hydroxylation is 3. The molecule has 0 radical (unpaired) electrons. The Morgan fingerprint density at radius 1 is 1.19 bits per heavy atom. The van der Waals surface area contributed by atoms with Crippen LogP contribution >= 0.6 is 0 Å². The van der Waals surface area contributed by atoms with E-state index in [9.17, 15) is 4.79 Å². The Labute approximate surface area is 154 Å². The summed E-state index contributed by atoms with van der Waals surface area (Å²) in [5.74, 6) is 0.0453. The largest absolute Gasteiger partial charge is 0.350 e. The molecule has 0 fully saturated rings. The number of amides is 1. The highest BCUT2D eigenvalue weighted by atomic mass is 16.1. The normalized spacial score (nSPS) is 12.0. The summed E-state index contributed by atoms with van der Waals surface area (Å²) < 4.78 is 1.93. The zero-order valence-electron chi connectivity index (χ0n) is 15.4. The number of aromatic nitrogens is 3. The summed E-state index contributed by atoms with van der Waals surface area (Å²) in [6.07, 6.45) is 4.69. The summed E-state index contributed by atoms with van der Waals surface area (Å²) in [4.78, 5) is 16.3. The van der Waals surface area contributed by atoms with E-state index in [1.165, 1.54) is 0 Å². The fourth-order valence-electron chi connectivity index (χ4n) is 3.00. The van der Waals surface area contributed by atoms with Crippen molar-refractivity contribution < 1.29 is 4.79 Å². The number of pyridine rings is 1. The third-order valence-corrected chi connectivity index (χ3v) is 4.39. The van der Waals surface area contributed by atoms with Gasteiger partial charge in [0.2, 0.25) is 5.91 Å². The van der Waals surface area contributed by atoms with Crippen LogP contribution in [0.1, 0.15) is 41.9 Å². The van der Waals surface area contributed by atoms with E-state index in [2.05, 4.69) is 21.5 Å². The van der Waals surface area contributed by atoms with Gasteiger partial charge in [-0.2, -0.15) is 5.10 Å². The Hall–Kier alpha value is -2.95. The van der Waals surface area contributed by atoms with Crippen LogP contribution in [0.4, 0.5) is 0 Å². The molecule has 2 heterocycles. The number of carbonyl (C=O) groups is 1. The summed E-state index contributed by atoms with van der Waals surface area (Å²) in [5, 5.41) is 7.56. The second-order valence-corrected chi connectivity index (χ2v) is 6.58. The van der Waals surface area contributed by atoms with Gasteiger partial charge in [0.15, 0.2) is 0 Å².